The number of hydrogen-bond donors (Lipinski definition) is 2. The Morgan fingerprint density at radius 2 is 1.77 bits per heavy atom. The number of anilines is 1. The molecule has 1 saturated heterocycles. The molecule has 35 heavy (non-hydrogen) atoms. The third-order valence-corrected chi connectivity index (χ3v) is 8.40. The largest absolute Gasteiger partial charge is 0.344 e. The van der Waals surface area contributed by atoms with Crippen molar-refractivity contribution in [1.82, 2.24) is 10.2 Å². The SMILES string of the molecule is CC[C@@H](C)C(=O)N[C@H](C(=O)N1CCC[C@H]1C(=O)Nc1sccc1-c1ccccc1)C1CCCCC1. The van der Waals surface area contributed by atoms with Gasteiger partial charge in [-0.2, -0.15) is 0 Å². The van der Waals surface area contributed by atoms with Gasteiger partial charge in [0.25, 0.3) is 0 Å². The molecule has 1 saturated carbocycles. The van der Waals surface area contributed by atoms with Gasteiger partial charge in [-0.3, -0.25) is 14.4 Å². The smallest absolute Gasteiger partial charge is 0.247 e. The van der Waals surface area contributed by atoms with E-state index in [1.54, 1.807) is 4.90 Å². The lowest BCUT2D eigenvalue weighted by Crippen LogP contribution is -2.56. The van der Waals surface area contributed by atoms with Crippen molar-refractivity contribution < 1.29 is 14.4 Å². The highest BCUT2D eigenvalue weighted by Gasteiger charge is 2.41. The number of amides is 3. The Labute approximate surface area is 212 Å². The van der Waals surface area contributed by atoms with E-state index in [2.05, 4.69) is 10.6 Å². The maximum atomic E-state index is 13.8. The van der Waals surface area contributed by atoms with Gasteiger partial charge in [0.1, 0.15) is 17.1 Å². The lowest BCUT2D eigenvalue weighted by atomic mass is 9.83. The number of carbonyl (C=O) groups excluding carboxylic acids is 3. The Hall–Kier alpha value is -2.67. The maximum Gasteiger partial charge on any atom is 0.247 e. The number of hydrogen-bond acceptors (Lipinski definition) is 4. The average Bonchev–Trinajstić information content (AvgIpc) is 3.57. The molecule has 1 aromatic heterocycles. The molecule has 188 valence electrons. The van der Waals surface area contributed by atoms with Gasteiger partial charge in [-0.25, -0.2) is 0 Å². The number of rotatable bonds is 8. The zero-order valence-electron chi connectivity index (χ0n) is 20.8. The fourth-order valence-electron chi connectivity index (χ4n) is 5.26. The molecule has 2 N–H and O–H groups in total. The van der Waals surface area contributed by atoms with Gasteiger partial charge >= 0.3 is 0 Å². The van der Waals surface area contributed by atoms with Crippen molar-refractivity contribution in [2.24, 2.45) is 11.8 Å². The molecule has 0 unspecified atom stereocenters. The van der Waals surface area contributed by atoms with E-state index in [-0.39, 0.29) is 29.6 Å². The lowest BCUT2D eigenvalue weighted by Gasteiger charge is -2.35. The molecule has 1 aliphatic carbocycles. The summed E-state index contributed by atoms with van der Waals surface area (Å²) in [5.74, 6) is -0.313. The van der Waals surface area contributed by atoms with Gasteiger partial charge in [-0.15, -0.1) is 11.3 Å². The first-order chi connectivity index (χ1) is 17.0. The summed E-state index contributed by atoms with van der Waals surface area (Å²) in [6.07, 6.45) is 7.38. The predicted octanol–water partition coefficient (Wildman–Crippen LogP) is 5.46. The average molecular weight is 496 g/mol. The number of likely N-dealkylation sites (tertiary alicyclic amines) is 1. The molecule has 1 aliphatic heterocycles. The van der Waals surface area contributed by atoms with Crippen LogP contribution in [0.3, 0.4) is 0 Å². The van der Waals surface area contributed by atoms with Crippen LogP contribution in [-0.2, 0) is 14.4 Å². The Balaban J connectivity index is 1.50. The first kappa shape index (κ1) is 25.4. The Morgan fingerprint density at radius 3 is 2.49 bits per heavy atom. The van der Waals surface area contributed by atoms with E-state index in [9.17, 15) is 14.4 Å². The van der Waals surface area contributed by atoms with Crippen LogP contribution in [0, 0.1) is 11.8 Å². The lowest BCUT2D eigenvalue weighted by molar-refractivity contribution is -0.142. The molecule has 3 amide bonds. The Bertz CT molecular complexity index is 1020. The molecule has 1 aromatic carbocycles. The van der Waals surface area contributed by atoms with Crippen molar-refractivity contribution in [3.05, 3.63) is 41.8 Å². The summed E-state index contributed by atoms with van der Waals surface area (Å²) in [7, 11) is 0. The van der Waals surface area contributed by atoms with E-state index in [0.717, 1.165) is 54.7 Å². The summed E-state index contributed by atoms with van der Waals surface area (Å²) in [6.45, 7) is 4.43. The van der Waals surface area contributed by atoms with E-state index in [4.69, 9.17) is 0 Å². The van der Waals surface area contributed by atoms with Crippen LogP contribution in [-0.4, -0.2) is 41.2 Å². The second-order valence-electron chi connectivity index (χ2n) is 9.90. The summed E-state index contributed by atoms with van der Waals surface area (Å²) in [5.41, 5.74) is 2.04. The summed E-state index contributed by atoms with van der Waals surface area (Å²) in [6, 6.07) is 10.9. The first-order valence-corrected chi connectivity index (χ1v) is 13.9. The summed E-state index contributed by atoms with van der Waals surface area (Å²) < 4.78 is 0. The van der Waals surface area contributed by atoms with Crippen molar-refractivity contribution >= 4 is 34.1 Å². The second-order valence-corrected chi connectivity index (χ2v) is 10.8. The second kappa shape index (κ2) is 11.8. The van der Waals surface area contributed by atoms with Gasteiger partial charge in [-0.05, 0) is 55.0 Å². The van der Waals surface area contributed by atoms with Crippen molar-refractivity contribution in [3.63, 3.8) is 0 Å². The number of nitrogens with zero attached hydrogens (tertiary/aromatic N) is 1. The molecule has 2 heterocycles. The van der Waals surface area contributed by atoms with Crippen molar-refractivity contribution in [2.75, 3.05) is 11.9 Å². The maximum absolute atomic E-state index is 13.8. The first-order valence-electron chi connectivity index (χ1n) is 13.0. The van der Waals surface area contributed by atoms with E-state index in [1.807, 2.05) is 55.6 Å². The molecule has 2 aliphatic rings. The molecular formula is C28H37N3O3S. The topological polar surface area (TPSA) is 78.5 Å². The van der Waals surface area contributed by atoms with Crippen LogP contribution in [0.25, 0.3) is 11.1 Å². The van der Waals surface area contributed by atoms with E-state index < -0.39 is 12.1 Å². The van der Waals surface area contributed by atoms with Gasteiger partial charge in [0.15, 0.2) is 0 Å². The molecule has 3 atom stereocenters. The Kier molecular flexibility index (Phi) is 8.60. The number of carbonyl (C=O) groups is 3. The van der Waals surface area contributed by atoms with Crippen LogP contribution < -0.4 is 10.6 Å². The molecule has 4 rings (SSSR count). The highest BCUT2D eigenvalue weighted by atomic mass is 32.1. The fourth-order valence-corrected chi connectivity index (χ4v) is 6.07. The molecular weight excluding hydrogens is 458 g/mol. The van der Waals surface area contributed by atoms with Gasteiger partial charge in [0, 0.05) is 18.0 Å². The number of benzene rings is 1. The monoisotopic (exact) mass is 495 g/mol. The van der Waals surface area contributed by atoms with E-state index >= 15 is 0 Å². The zero-order valence-corrected chi connectivity index (χ0v) is 21.6. The van der Waals surface area contributed by atoms with Crippen LogP contribution in [0.4, 0.5) is 5.00 Å². The quantitative estimate of drug-likeness (QED) is 0.511. The molecule has 0 radical (unpaired) electrons. The standard InChI is InChI=1S/C28H37N3O3S/c1-3-19(2)25(32)29-24(21-13-8-5-9-14-21)28(34)31-17-10-15-23(31)26(33)30-27-22(16-18-35-27)20-11-6-4-7-12-20/h4,6-7,11-12,16,18-19,21,23-24H,3,5,8-10,13-15,17H2,1-2H3,(H,29,32)(H,30,33)/t19-,23+,24+/m1/s1. The minimum absolute atomic E-state index is 0.0669. The molecule has 2 fully saturated rings. The highest BCUT2D eigenvalue weighted by molar-refractivity contribution is 7.15. The zero-order chi connectivity index (χ0) is 24.8. The fraction of sp³-hybridized carbons (Fsp3) is 0.536. The normalized spacial score (nSPS) is 20.3. The van der Waals surface area contributed by atoms with E-state index in [0.29, 0.717) is 13.0 Å². The van der Waals surface area contributed by atoms with Crippen LogP contribution in [0.1, 0.15) is 65.2 Å². The van der Waals surface area contributed by atoms with Crippen molar-refractivity contribution in [2.45, 2.75) is 77.3 Å². The summed E-state index contributed by atoms with van der Waals surface area (Å²) in [4.78, 5) is 41.7. The van der Waals surface area contributed by atoms with Crippen LogP contribution in [0.5, 0.6) is 0 Å². The van der Waals surface area contributed by atoms with Crippen molar-refractivity contribution in [1.29, 1.82) is 0 Å². The molecule has 6 nitrogen and oxygen atoms in total. The van der Waals surface area contributed by atoms with Gasteiger partial charge in [0.05, 0.1) is 0 Å². The highest BCUT2D eigenvalue weighted by Crippen LogP contribution is 2.34. The molecule has 0 bridgehead atoms. The van der Waals surface area contributed by atoms with Crippen LogP contribution in [0.15, 0.2) is 41.8 Å². The van der Waals surface area contributed by atoms with Gasteiger partial charge < -0.3 is 15.5 Å². The molecule has 0 spiro atoms. The van der Waals surface area contributed by atoms with E-state index in [1.165, 1.54) is 17.8 Å². The van der Waals surface area contributed by atoms with Crippen LogP contribution in [0.2, 0.25) is 0 Å². The molecule has 2 aromatic rings. The minimum atomic E-state index is -0.549. The number of nitrogens with one attached hydrogen (secondary N) is 2. The summed E-state index contributed by atoms with van der Waals surface area (Å²) in [5, 5.41) is 8.96. The summed E-state index contributed by atoms with van der Waals surface area (Å²) >= 11 is 1.49. The number of thiophene rings is 1. The third kappa shape index (κ3) is 5.95. The third-order valence-electron chi connectivity index (χ3n) is 7.57. The van der Waals surface area contributed by atoms with Crippen molar-refractivity contribution in [3.8, 4) is 11.1 Å². The Morgan fingerprint density at radius 1 is 1.03 bits per heavy atom. The molecule has 7 heteroatoms. The predicted molar refractivity (Wildman–Crippen MR) is 141 cm³/mol. The van der Waals surface area contributed by atoms with Gasteiger partial charge in [0.2, 0.25) is 17.7 Å². The minimum Gasteiger partial charge on any atom is -0.344 e. The van der Waals surface area contributed by atoms with Crippen LogP contribution >= 0.6 is 11.3 Å². The van der Waals surface area contributed by atoms with Gasteiger partial charge in [-0.1, -0.05) is 63.4 Å².